The molecule has 0 aliphatic rings. The number of unbranched alkanes of at least 4 members (excludes halogenated alkanes) is 4. The summed E-state index contributed by atoms with van der Waals surface area (Å²) in [6, 6.07) is 10.8. The molecule has 0 aromatic heterocycles. The molecule has 2 rings (SSSR count). The van der Waals surface area contributed by atoms with Crippen molar-refractivity contribution in [1.29, 1.82) is 0 Å². The summed E-state index contributed by atoms with van der Waals surface area (Å²) in [5.41, 5.74) is 0.594. The van der Waals surface area contributed by atoms with Gasteiger partial charge in [-0.3, -0.25) is 4.55 Å². The highest BCUT2D eigenvalue weighted by Crippen LogP contribution is 2.28. The maximum atomic E-state index is 11.7. The summed E-state index contributed by atoms with van der Waals surface area (Å²) >= 11 is 0. The molecule has 2 N–H and O–H groups in total. The van der Waals surface area contributed by atoms with Gasteiger partial charge < -0.3 is 9.84 Å². The third-order valence-electron chi connectivity index (χ3n) is 3.94. The van der Waals surface area contributed by atoms with Gasteiger partial charge in [-0.1, -0.05) is 38.7 Å². The molecule has 5 nitrogen and oxygen atoms in total. The van der Waals surface area contributed by atoms with Gasteiger partial charge in [0.1, 0.15) is 22.1 Å². The Balaban J connectivity index is 2.14. The third-order valence-corrected chi connectivity index (χ3v) is 4.87. The number of phenolic OH excluding ortho intramolecular Hbond substituents is 1. The SMILES string of the molecule is CCCCCCCc1ccc(Oc2ccc(O)cc2)cc1S(=O)(=O)O. The molecule has 6 heteroatoms. The average Bonchev–Trinajstić information content (AvgIpc) is 2.57. The van der Waals surface area contributed by atoms with Gasteiger partial charge >= 0.3 is 0 Å². The molecule has 0 spiro atoms. The maximum Gasteiger partial charge on any atom is 0.294 e. The smallest absolute Gasteiger partial charge is 0.294 e. The molecule has 0 bridgehead atoms. The van der Waals surface area contributed by atoms with Gasteiger partial charge in [0.25, 0.3) is 10.1 Å². The second kappa shape index (κ2) is 8.87. The topological polar surface area (TPSA) is 83.8 Å². The van der Waals surface area contributed by atoms with Gasteiger partial charge in [0.05, 0.1) is 0 Å². The van der Waals surface area contributed by atoms with E-state index in [1.54, 1.807) is 24.3 Å². The first kappa shape index (κ1) is 19.3. The summed E-state index contributed by atoms with van der Waals surface area (Å²) in [5.74, 6) is 0.892. The Kier molecular flexibility index (Phi) is 6.84. The summed E-state index contributed by atoms with van der Waals surface area (Å²) in [6.07, 6.45) is 5.95. The van der Waals surface area contributed by atoms with E-state index < -0.39 is 10.1 Å². The molecule has 0 aliphatic heterocycles. The summed E-state index contributed by atoms with van der Waals surface area (Å²) < 4.78 is 38.5. The number of benzene rings is 2. The van der Waals surface area contributed by atoms with Crippen LogP contribution >= 0.6 is 0 Å². The lowest BCUT2D eigenvalue weighted by Gasteiger charge is -2.11. The Morgan fingerprint density at radius 3 is 2.20 bits per heavy atom. The van der Waals surface area contributed by atoms with Gasteiger partial charge in [-0.2, -0.15) is 8.42 Å². The number of hydrogen-bond acceptors (Lipinski definition) is 4. The van der Waals surface area contributed by atoms with E-state index in [0.29, 0.717) is 23.5 Å². The number of ether oxygens (including phenoxy) is 1. The molecule has 0 fully saturated rings. The van der Waals surface area contributed by atoms with Crippen LogP contribution in [0.2, 0.25) is 0 Å². The summed E-state index contributed by atoms with van der Waals surface area (Å²) in [5, 5.41) is 9.28. The standard InChI is InChI=1S/C19H24O5S/c1-2-3-4-5-6-7-15-8-11-18(14-19(15)25(21,22)23)24-17-12-9-16(20)10-13-17/h8-14,20H,2-7H2,1H3,(H,21,22,23). The molecule has 0 saturated heterocycles. The molecule has 136 valence electrons. The van der Waals surface area contributed by atoms with Crippen LogP contribution < -0.4 is 4.74 Å². The van der Waals surface area contributed by atoms with Gasteiger partial charge in [0.15, 0.2) is 0 Å². The van der Waals surface area contributed by atoms with E-state index in [4.69, 9.17) is 4.74 Å². The number of hydrogen-bond donors (Lipinski definition) is 2. The minimum Gasteiger partial charge on any atom is -0.508 e. The van der Waals surface area contributed by atoms with Gasteiger partial charge in [-0.25, -0.2) is 0 Å². The minimum absolute atomic E-state index is 0.112. The van der Waals surface area contributed by atoms with E-state index in [9.17, 15) is 18.1 Å². The number of aryl methyl sites for hydroxylation is 1. The fourth-order valence-corrected chi connectivity index (χ4v) is 3.38. The Labute approximate surface area is 149 Å². The monoisotopic (exact) mass is 364 g/mol. The lowest BCUT2D eigenvalue weighted by molar-refractivity contribution is 0.461. The molecule has 0 unspecified atom stereocenters. The average molecular weight is 364 g/mol. The van der Waals surface area contributed by atoms with E-state index >= 15 is 0 Å². The van der Waals surface area contributed by atoms with Crippen LogP contribution in [-0.2, 0) is 16.5 Å². The summed E-state index contributed by atoms with van der Waals surface area (Å²) in [7, 11) is -4.32. The van der Waals surface area contributed by atoms with Crippen LogP contribution in [0.25, 0.3) is 0 Å². The fraction of sp³-hybridized carbons (Fsp3) is 0.368. The minimum atomic E-state index is -4.32. The van der Waals surface area contributed by atoms with Crippen LogP contribution in [0.15, 0.2) is 47.4 Å². The van der Waals surface area contributed by atoms with Gasteiger partial charge in [-0.05, 0) is 48.7 Å². The van der Waals surface area contributed by atoms with Crippen LogP contribution in [0.5, 0.6) is 17.2 Å². The fourth-order valence-electron chi connectivity index (χ4n) is 2.61. The molecule has 0 heterocycles. The van der Waals surface area contributed by atoms with Crippen molar-refractivity contribution in [3.63, 3.8) is 0 Å². The van der Waals surface area contributed by atoms with E-state index in [0.717, 1.165) is 25.7 Å². The van der Waals surface area contributed by atoms with Crippen molar-refractivity contribution in [3.8, 4) is 17.2 Å². The Morgan fingerprint density at radius 2 is 1.56 bits per heavy atom. The van der Waals surface area contributed by atoms with E-state index in [2.05, 4.69) is 6.92 Å². The lowest BCUT2D eigenvalue weighted by Crippen LogP contribution is -2.04. The van der Waals surface area contributed by atoms with E-state index in [1.807, 2.05) is 0 Å². The number of aromatic hydroxyl groups is 1. The van der Waals surface area contributed by atoms with Crippen molar-refractivity contribution in [2.75, 3.05) is 0 Å². The maximum absolute atomic E-state index is 11.7. The normalized spacial score (nSPS) is 11.4. The highest BCUT2D eigenvalue weighted by molar-refractivity contribution is 7.85. The van der Waals surface area contributed by atoms with Gasteiger partial charge in [0, 0.05) is 6.07 Å². The van der Waals surface area contributed by atoms with Crippen LogP contribution in [0.1, 0.15) is 44.6 Å². The van der Waals surface area contributed by atoms with Crippen molar-refractivity contribution in [3.05, 3.63) is 48.0 Å². The molecular formula is C19H24O5S. The molecule has 25 heavy (non-hydrogen) atoms. The van der Waals surface area contributed by atoms with Crippen molar-refractivity contribution in [2.45, 2.75) is 50.3 Å². The zero-order valence-electron chi connectivity index (χ0n) is 14.3. The second-order valence-electron chi connectivity index (χ2n) is 6.00. The predicted octanol–water partition coefficient (Wildman–Crippen LogP) is 4.94. The highest BCUT2D eigenvalue weighted by atomic mass is 32.2. The van der Waals surface area contributed by atoms with Crippen molar-refractivity contribution in [1.82, 2.24) is 0 Å². The zero-order valence-corrected chi connectivity index (χ0v) is 15.1. The van der Waals surface area contributed by atoms with Crippen molar-refractivity contribution >= 4 is 10.1 Å². The highest BCUT2D eigenvalue weighted by Gasteiger charge is 2.17. The first-order chi connectivity index (χ1) is 11.9. The summed E-state index contributed by atoms with van der Waals surface area (Å²) in [4.78, 5) is -0.112. The van der Waals surface area contributed by atoms with Gasteiger partial charge in [0.2, 0.25) is 0 Å². The molecule has 2 aromatic rings. The molecule has 0 atom stereocenters. The molecule has 0 amide bonds. The Morgan fingerprint density at radius 1 is 0.920 bits per heavy atom. The molecule has 0 radical (unpaired) electrons. The first-order valence-corrected chi connectivity index (χ1v) is 9.91. The predicted molar refractivity (Wildman–Crippen MR) is 96.9 cm³/mol. The Hall–Kier alpha value is -2.05. The van der Waals surface area contributed by atoms with Crippen molar-refractivity contribution < 1.29 is 22.8 Å². The van der Waals surface area contributed by atoms with E-state index in [-0.39, 0.29) is 10.6 Å². The van der Waals surface area contributed by atoms with Crippen molar-refractivity contribution in [2.24, 2.45) is 0 Å². The van der Waals surface area contributed by atoms with Gasteiger partial charge in [-0.15, -0.1) is 0 Å². The quantitative estimate of drug-likeness (QED) is 0.486. The Bertz CT molecular complexity index is 782. The van der Waals surface area contributed by atoms with Crippen LogP contribution in [0, 0.1) is 0 Å². The molecular weight excluding hydrogens is 340 g/mol. The number of phenols is 1. The van der Waals surface area contributed by atoms with Crippen LogP contribution in [0.4, 0.5) is 0 Å². The molecule has 2 aromatic carbocycles. The third kappa shape index (κ3) is 6.07. The largest absolute Gasteiger partial charge is 0.508 e. The van der Waals surface area contributed by atoms with E-state index in [1.165, 1.54) is 24.6 Å². The zero-order chi connectivity index (χ0) is 18.3. The first-order valence-electron chi connectivity index (χ1n) is 8.47. The molecule has 0 aliphatic carbocycles. The van der Waals surface area contributed by atoms with Crippen LogP contribution in [-0.4, -0.2) is 18.1 Å². The molecule has 0 saturated carbocycles. The second-order valence-corrected chi connectivity index (χ2v) is 7.39. The summed E-state index contributed by atoms with van der Waals surface area (Å²) in [6.45, 7) is 2.14. The number of rotatable bonds is 9. The van der Waals surface area contributed by atoms with Crippen LogP contribution in [0.3, 0.4) is 0 Å². The lowest BCUT2D eigenvalue weighted by atomic mass is 10.1.